The highest BCUT2D eigenvalue weighted by Gasteiger charge is 2.28. The molecule has 1 atom stereocenters. The van der Waals surface area contributed by atoms with Crippen LogP contribution in [0.5, 0.6) is 0 Å². The van der Waals surface area contributed by atoms with Gasteiger partial charge in [0.2, 0.25) is 0 Å². The van der Waals surface area contributed by atoms with Gasteiger partial charge in [0.25, 0.3) is 0 Å². The highest BCUT2D eigenvalue weighted by Crippen LogP contribution is 2.33. The molecule has 1 heterocycles. The van der Waals surface area contributed by atoms with Gasteiger partial charge in [-0.2, -0.15) is 11.8 Å². The molecule has 5 heteroatoms. The summed E-state index contributed by atoms with van der Waals surface area (Å²) in [6.07, 6.45) is -0.224. The fraction of sp³-hybridized carbons (Fsp3) is 0.533. The third-order valence-electron chi connectivity index (χ3n) is 3.03. The number of hydrogen-bond donors (Lipinski definition) is 0. The highest BCUT2D eigenvalue weighted by molar-refractivity contribution is 7.99. The van der Waals surface area contributed by atoms with E-state index in [-0.39, 0.29) is 11.3 Å². The number of rotatable bonds is 1. The van der Waals surface area contributed by atoms with Crippen LogP contribution in [-0.2, 0) is 4.74 Å². The lowest BCUT2D eigenvalue weighted by atomic mass is 9.94. The van der Waals surface area contributed by atoms with Crippen LogP contribution in [0.2, 0.25) is 0 Å². The van der Waals surface area contributed by atoms with Crippen LogP contribution in [0.4, 0.5) is 4.79 Å². The van der Waals surface area contributed by atoms with E-state index in [9.17, 15) is 4.79 Å². The zero-order valence-electron chi connectivity index (χ0n) is 12.3. The fourth-order valence-electron chi connectivity index (χ4n) is 2.05. The van der Waals surface area contributed by atoms with Crippen molar-refractivity contribution < 1.29 is 9.53 Å². The van der Waals surface area contributed by atoms with Gasteiger partial charge >= 0.3 is 6.09 Å². The van der Waals surface area contributed by atoms with Crippen molar-refractivity contribution in [1.29, 1.82) is 0 Å². The summed E-state index contributed by atoms with van der Waals surface area (Å²) in [7, 11) is 5.71. The van der Waals surface area contributed by atoms with Gasteiger partial charge in [-0.25, -0.2) is 4.79 Å². The monoisotopic (exact) mass is 289 g/mol. The molecular weight excluding hydrogens is 269 g/mol. The molecule has 1 fully saturated rings. The van der Waals surface area contributed by atoms with Gasteiger partial charge in [0, 0.05) is 24.1 Å². The van der Waals surface area contributed by atoms with Crippen LogP contribution < -0.4 is 5.46 Å². The normalized spacial score (nSPS) is 19.8. The van der Waals surface area contributed by atoms with Crippen LogP contribution in [0.1, 0.15) is 31.6 Å². The van der Waals surface area contributed by atoms with E-state index in [2.05, 4.69) is 0 Å². The van der Waals surface area contributed by atoms with Crippen molar-refractivity contribution >= 4 is 31.2 Å². The quantitative estimate of drug-likeness (QED) is 0.744. The average molecular weight is 289 g/mol. The van der Waals surface area contributed by atoms with Crippen molar-refractivity contribution in [2.24, 2.45) is 0 Å². The second kappa shape index (κ2) is 6.12. The molecule has 1 amide bonds. The minimum Gasteiger partial charge on any atom is -0.444 e. The Kier molecular flexibility index (Phi) is 4.68. The van der Waals surface area contributed by atoms with Crippen LogP contribution in [0.3, 0.4) is 0 Å². The van der Waals surface area contributed by atoms with Crippen molar-refractivity contribution in [2.75, 3.05) is 18.8 Å². The first-order valence-electron chi connectivity index (χ1n) is 6.80. The van der Waals surface area contributed by atoms with Crippen molar-refractivity contribution in [2.45, 2.75) is 31.6 Å². The Labute approximate surface area is 126 Å². The predicted octanol–water partition coefficient (Wildman–Crippen LogP) is 2.51. The Bertz CT molecular complexity index is 470. The molecule has 0 aromatic heterocycles. The number of benzene rings is 1. The van der Waals surface area contributed by atoms with Gasteiger partial charge in [0.15, 0.2) is 0 Å². The fourth-order valence-corrected chi connectivity index (χ4v) is 3.30. The number of nitrogens with zero attached hydrogens (tertiary/aromatic N) is 1. The molecule has 2 rings (SSSR count). The second-order valence-electron chi connectivity index (χ2n) is 5.95. The maximum absolute atomic E-state index is 12.1. The molecule has 106 valence electrons. The van der Waals surface area contributed by atoms with E-state index in [1.165, 1.54) is 5.56 Å². The van der Waals surface area contributed by atoms with Gasteiger partial charge in [-0.3, -0.25) is 0 Å². The van der Waals surface area contributed by atoms with E-state index in [1.807, 2.05) is 56.8 Å². The molecule has 1 aromatic rings. The molecule has 0 bridgehead atoms. The van der Waals surface area contributed by atoms with Gasteiger partial charge in [0.05, 0.1) is 0 Å². The first-order chi connectivity index (χ1) is 9.35. The lowest BCUT2D eigenvalue weighted by Gasteiger charge is -2.34. The summed E-state index contributed by atoms with van der Waals surface area (Å²) in [5.41, 5.74) is 1.52. The maximum Gasteiger partial charge on any atom is 0.410 e. The number of amides is 1. The third-order valence-corrected chi connectivity index (χ3v) is 4.27. The van der Waals surface area contributed by atoms with E-state index in [0.29, 0.717) is 6.54 Å². The highest BCUT2D eigenvalue weighted by atomic mass is 32.2. The Balaban J connectivity index is 2.01. The first kappa shape index (κ1) is 15.3. The van der Waals surface area contributed by atoms with Crippen molar-refractivity contribution in [3.05, 3.63) is 29.8 Å². The standard InChI is InChI=1S/C15H20BNO2S/c1-15(2,3)19-14(18)17-8-9-20-13(10-17)11-4-6-12(16)7-5-11/h4-7,13H,8-10H2,1-3H3. The summed E-state index contributed by atoms with van der Waals surface area (Å²) < 4.78 is 5.44. The van der Waals surface area contributed by atoms with Gasteiger partial charge < -0.3 is 9.64 Å². The van der Waals surface area contributed by atoms with Crippen LogP contribution in [-0.4, -0.2) is 43.3 Å². The molecule has 1 aliphatic heterocycles. The minimum absolute atomic E-state index is 0.224. The summed E-state index contributed by atoms with van der Waals surface area (Å²) >= 11 is 1.87. The third kappa shape index (κ3) is 4.20. The van der Waals surface area contributed by atoms with Gasteiger partial charge in [0.1, 0.15) is 13.4 Å². The lowest BCUT2D eigenvalue weighted by Crippen LogP contribution is -2.42. The largest absolute Gasteiger partial charge is 0.444 e. The molecule has 0 saturated carbocycles. The molecule has 0 spiro atoms. The molecule has 0 N–H and O–H groups in total. The molecule has 3 nitrogen and oxygen atoms in total. The van der Waals surface area contributed by atoms with Crippen molar-refractivity contribution in [3.63, 3.8) is 0 Å². The van der Waals surface area contributed by atoms with Crippen LogP contribution >= 0.6 is 11.8 Å². The Morgan fingerprint density at radius 1 is 1.35 bits per heavy atom. The minimum atomic E-state index is -0.446. The molecule has 2 radical (unpaired) electrons. The molecule has 1 saturated heterocycles. The number of carbonyl (C=O) groups is 1. The second-order valence-corrected chi connectivity index (χ2v) is 7.26. The van der Waals surface area contributed by atoms with Crippen LogP contribution in [0.15, 0.2) is 24.3 Å². The van der Waals surface area contributed by atoms with Gasteiger partial charge in [-0.05, 0) is 26.3 Å². The number of carbonyl (C=O) groups excluding carboxylic acids is 1. The molecule has 20 heavy (non-hydrogen) atoms. The topological polar surface area (TPSA) is 29.5 Å². The van der Waals surface area contributed by atoms with Gasteiger partial charge in [-0.1, -0.05) is 29.7 Å². The van der Waals surface area contributed by atoms with Crippen molar-refractivity contribution in [1.82, 2.24) is 4.90 Å². The Morgan fingerprint density at radius 3 is 2.60 bits per heavy atom. The van der Waals surface area contributed by atoms with E-state index in [1.54, 1.807) is 4.90 Å². The Morgan fingerprint density at radius 2 is 2.00 bits per heavy atom. The summed E-state index contributed by atoms with van der Waals surface area (Å²) in [5, 5.41) is 0.289. The lowest BCUT2D eigenvalue weighted by molar-refractivity contribution is 0.0257. The number of hydrogen-bond acceptors (Lipinski definition) is 3. The molecule has 0 aliphatic carbocycles. The summed E-state index contributed by atoms with van der Waals surface area (Å²) in [6.45, 7) is 7.09. The summed E-state index contributed by atoms with van der Waals surface area (Å²) in [6, 6.07) is 7.88. The van der Waals surface area contributed by atoms with Crippen LogP contribution in [0, 0.1) is 0 Å². The maximum atomic E-state index is 12.1. The van der Waals surface area contributed by atoms with Crippen LogP contribution in [0.25, 0.3) is 0 Å². The summed E-state index contributed by atoms with van der Waals surface area (Å²) in [4.78, 5) is 13.9. The molecule has 1 unspecified atom stereocenters. The SMILES string of the molecule is [B]c1ccc(C2CN(C(=O)OC(C)(C)C)CCS2)cc1. The molecule has 1 aromatic carbocycles. The first-order valence-corrected chi connectivity index (χ1v) is 7.85. The zero-order chi connectivity index (χ0) is 14.8. The Hall–Kier alpha value is -1.10. The van der Waals surface area contributed by atoms with Crippen molar-refractivity contribution in [3.8, 4) is 0 Å². The summed E-state index contributed by atoms with van der Waals surface area (Å²) in [5.74, 6) is 0.925. The molecular formula is C15H20BNO2S. The predicted molar refractivity (Wildman–Crippen MR) is 84.8 cm³/mol. The van der Waals surface area contributed by atoms with E-state index in [0.717, 1.165) is 17.8 Å². The van der Waals surface area contributed by atoms with E-state index < -0.39 is 5.60 Å². The number of ether oxygens (including phenoxy) is 1. The average Bonchev–Trinajstić information content (AvgIpc) is 2.38. The zero-order valence-corrected chi connectivity index (χ0v) is 13.1. The number of thioether (sulfide) groups is 1. The van der Waals surface area contributed by atoms with E-state index in [4.69, 9.17) is 12.6 Å². The van der Waals surface area contributed by atoms with Gasteiger partial charge in [-0.15, -0.1) is 0 Å². The molecule has 1 aliphatic rings. The van der Waals surface area contributed by atoms with E-state index >= 15 is 0 Å². The smallest absolute Gasteiger partial charge is 0.410 e.